The standard InChI is InChI=1S/C19H17N5O4S/c20-29(27,28)13-5-3-12(4-6-13)22-14-7-8-21-19(23-14)24-17(25)15-10-1-2-11(9-10)16(15)18(24)26/h1-8,10-11,15-16H,9H2,(H2,20,27,28)(H,21,22,23)/t10?,11?,15-,16+. The summed E-state index contributed by atoms with van der Waals surface area (Å²) in [6.45, 7) is 0. The van der Waals surface area contributed by atoms with Crippen LogP contribution < -0.4 is 15.4 Å². The van der Waals surface area contributed by atoms with Gasteiger partial charge in [-0.25, -0.2) is 23.4 Å². The Balaban J connectivity index is 1.39. The number of aromatic nitrogens is 2. The van der Waals surface area contributed by atoms with Crippen LogP contribution in [0.2, 0.25) is 0 Å². The minimum atomic E-state index is -3.77. The number of hydrogen-bond donors (Lipinski definition) is 2. The lowest BCUT2D eigenvalue weighted by Crippen LogP contribution is -2.34. The molecule has 2 aliphatic carbocycles. The number of imide groups is 1. The van der Waals surface area contributed by atoms with Crippen LogP contribution in [0, 0.1) is 23.7 Å². The molecule has 1 aromatic heterocycles. The number of nitrogens with zero attached hydrogens (tertiary/aromatic N) is 3. The van der Waals surface area contributed by atoms with Crippen LogP contribution in [0.1, 0.15) is 6.42 Å². The highest BCUT2D eigenvalue weighted by atomic mass is 32.2. The number of allylic oxidation sites excluding steroid dienone is 2. The van der Waals surface area contributed by atoms with Gasteiger partial charge in [0, 0.05) is 11.9 Å². The number of nitrogens with two attached hydrogens (primary N) is 1. The molecule has 3 aliphatic rings. The summed E-state index contributed by atoms with van der Waals surface area (Å²) in [5.41, 5.74) is 0.570. The first-order chi connectivity index (χ1) is 13.8. The van der Waals surface area contributed by atoms with Crippen molar-refractivity contribution in [1.29, 1.82) is 0 Å². The molecule has 1 saturated carbocycles. The molecule has 2 fully saturated rings. The fourth-order valence-electron chi connectivity index (χ4n) is 4.50. The average Bonchev–Trinajstić information content (AvgIpc) is 3.35. The molecule has 29 heavy (non-hydrogen) atoms. The molecule has 2 amide bonds. The maximum absolute atomic E-state index is 12.9. The molecule has 9 nitrogen and oxygen atoms in total. The molecule has 3 N–H and O–H groups in total. The van der Waals surface area contributed by atoms with E-state index in [0.717, 1.165) is 11.3 Å². The zero-order valence-electron chi connectivity index (χ0n) is 15.1. The van der Waals surface area contributed by atoms with E-state index in [1.54, 1.807) is 18.2 Å². The van der Waals surface area contributed by atoms with Crippen LogP contribution in [0.25, 0.3) is 0 Å². The number of hydrogen-bond acceptors (Lipinski definition) is 7. The molecule has 2 aromatic rings. The molecule has 2 heterocycles. The normalized spacial score (nSPS) is 27.6. The van der Waals surface area contributed by atoms with E-state index in [1.165, 1.54) is 18.3 Å². The van der Waals surface area contributed by atoms with Crippen LogP contribution in [0.4, 0.5) is 17.5 Å². The Morgan fingerprint density at radius 3 is 2.21 bits per heavy atom. The topological polar surface area (TPSA) is 135 Å². The summed E-state index contributed by atoms with van der Waals surface area (Å²) >= 11 is 0. The van der Waals surface area contributed by atoms with Crippen molar-refractivity contribution in [3.8, 4) is 0 Å². The highest BCUT2D eigenvalue weighted by Gasteiger charge is 2.60. The fourth-order valence-corrected chi connectivity index (χ4v) is 5.02. The molecule has 2 unspecified atom stereocenters. The lowest BCUT2D eigenvalue weighted by molar-refractivity contribution is -0.123. The van der Waals surface area contributed by atoms with Gasteiger partial charge in [-0.2, -0.15) is 4.98 Å². The molecule has 148 valence electrons. The molecule has 1 aromatic carbocycles. The van der Waals surface area contributed by atoms with Gasteiger partial charge in [-0.05, 0) is 48.6 Å². The Labute approximate surface area is 166 Å². The minimum Gasteiger partial charge on any atom is -0.340 e. The molecule has 0 spiro atoms. The van der Waals surface area contributed by atoms with Gasteiger partial charge in [0.25, 0.3) is 0 Å². The molecule has 1 saturated heterocycles. The number of carbonyl (C=O) groups excluding carboxylic acids is 2. The zero-order valence-corrected chi connectivity index (χ0v) is 15.9. The number of fused-ring (bicyclic) bond motifs is 5. The van der Waals surface area contributed by atoms with Gasteiger partial charge in [-0.15, -0.1) is 0 Å². The average molecular weight is 411 g/mol. The summed E-state index contributed by atoms with van der Waals surface area (Å²) in [4.78, 5) is 35.3. The molecular weight excluding hydrogens is 394 g/mol. The number of sulfonamides is 1. The fraction of sp³-hybridized carbons (Fsp3) is 0.263. The molecule has 5 rings (SSSR count). The Morgan fingerprint density at radius 2 is 1.62 bits per heavy atom. The third kappa shape index (κ3) is 2.83. The molecule has 4 atom stereocenters. The van der Waals surface area contributed by atoms with Crippen molar-refractivity contribution in [3.05, 3.63) is 48.7 Å². The third-order valence-corrected chi connectivity index (χ3v) is 6.70. The Kier molecular flexibility index (Phi) is 3.83. The van der Waals surface area contributed by atoms with E-state index in [9.17, 15) is 18.0 Å². The summed E-state index contributed by atoms with van der Waals surface area (Å²) in [6, 6.07) is 7.42. The van der Waals surface area contributed by atoms with Gasteiger partial charge in [0.1, 0.15) is 5.82 Å². The minimum absolute atomic E-state index is 0.00512. The number of carbonyl (C=O) groups is 2. The highest BCUT2D eigenvalue weighted by Crippen LogP contribution is 2.52. The molecule has 10 heteroatoms. The van der Waals surface area contributed by atoms with Gasteiger partial charge in [0.2, 0.25) is 27.8 Å². The number of rotatable bonds is 4. The van der Waals surface area contributed by atoms with Crippen molar-refractivity contribution < 1.29 is 18.0 Å². The second-order valence-electron chi connectivity index (χ2n) is 7.45. The maximum atomic E-state index is 12.9. The van der Waals surface area contributed by atoms with Crippen molar-refractivity contribution in [2.75, 3.05) is 10.2 Å². The van der Waals surface area contributed by atoms with Crippen LogP contribution in [0.5, 0.6) is 0 Å². The number of amides is 2. The predicted molar refractivity (Wildman–Crippen MR) is 103 cm³/mol. The SMILES string of the molecule is NS(=O)(=O)c1ccc(Nc2ccnc(N3C(=O)[C@@H]4C5C=CC(C5)[C@@H]4C3=O)n2)cc1. The highest BCUT2D eigenvalue weighted by molar-refractivity contribution is 7.89. The zero-order chi connectivity index (χ0) is 20.3. The summed E-state index contributed by atoms with van der Waals surface area (Å²) in [7, 11) is -3.77. The van der Waals surface area contributed by atoms with Crippen LogP contribution in [-0.4, -0.2) is 30.2 Å². The second kappa shape index (κ2) is 6.19. The monoisotopic (exact) mass is 411 g/mol. The van der Waals surface area contributed by atoms with E-state index in [4.69, 9.17) is 5.14 Å². The number of primary sulfonamides is 1. The van der Waals surface area contributed by atoms with Gasteiger partial charge in [-0.1, -0.05) is 12.2 Å². The van der Waals surface area contributed by atoms with Crippen LogP contribution in [0.3, 0.4) is 0 Å². The van der Waals surface area contributed by atoms with E-state index in [1.807, 2.05) is 12.2 Å². The lowest BCUT2D eigenvalue weighted by atomic mass is 9.85. The van der Waals surface area contributed by atoms with Crippen molar-refractivity contribution in [3.63, 3.8) is 0 Å². The van der Waals surface area contributed by atoms with Gasteiger partial charge >= 0.3 is 0 Å². The van der Waals surface area contributed by atoms with E-state index in [-0.39, 0.29) is 46.3 Å². The maximum Gasteiger partial charge on any atom is 0.241 e. The Hall–Kier alpha value is -3.11. The first kappa shape index (κ1) is 18.0. The Morgan fingerprint density at radius 1 is 1.00 bits per heavy atom. The number of nitrogens with one attached hydrogen (secondary N) is 1. The lowest BCUT2D eigenvalue weighted by Gasteiger charge is -2.16. The van der Waals surface area contributed by atoms with Crippen LogP contribution in [-0.2, 0) is 19.6 Å². The predicted octanol–water partition coefficient (Wildman–Crippen LogP) is 1.18. The van der Waals surface area contributed by atoms with Crippen molar-refractivity contribution >= 4 is 39.3 Å². The molecule has 2 bridgehead atoms. The summed E-state index contributed by atoms with van der Waals surface area (Å²) in [5.74, 6) is -0.475. The van der Waals surface area contributed by atoms with Gasteiger partial charge in [0.15, 0.2) is 0 Å². The van der Waals surface area contributed by atoms with Crippen LogP contribution >= 0.6 is 0 Å². The second-order valence-corrected chi connectivity index (χ2v) is 9.01. The Bertz CT molecular complexity index is 1130. The molecule has 1 aliphatic heterocycles. The van der Waals surface area contributed by atoms with Crippen molar-refractivity contribution in [2.45, 2.75) is 11.3 Å². The first-order valence-corrected chi connectivity index (χ1v) is 10.7. The van der Waals surface area contributed by atoms with Crippen molar-refractivity contribution in [2.24, 2.45) is 28.8 Å². The molecule has 0 radical (unpaired) electrons. The van der Waals surface area contributed by atoms with Crippen LogP contribution in [0.15, 0.2) is 53.6 Å². The van der Waals surface area contributed by atoms with E-state index < -0.39 is 10.0 Å². The van der Waals surface area contributed by atoms with Gasteiger partial charge in [-0.3, -0.25) is 9.59 Å². The largest absolute Gasteiger partial charge is 0.340 e. The quantitative estimate of drug-likeness (QED) is 0.569. The van der Waals surface area contributed by atoms with E-state index in [0.29, 0.717) is 11.5 Å². The third-order valence-electron chi connectivity index (χ3n) is 5.77. The van der Waals surface area contributed by atoms with Crippen molar-refractivity contribution in [1.82, 2.24) is 9.97 Å². The van der Waals surface area contributed by atoms with E-state index >= 15 is 0 Å². The smallest absolute Gasteiger partial charge is 0.241 e. The molecular formula is C19H17N5O4S. The summed E-state index contributed by atoms with van der Waals surface area (Å²) in [6.07, 6.45) is 6.39. The first-order valence-electron chi connectivity index (χ1n) is 9.12. The van der Waals surface area contributed by atoms with Gasteiger partial charge in [0.05, 0.1) is 16.7 Å². The number of anilines is 3. The van der Waals surface area contributed by atoms with Gasteiger partial charge < -0.3 is 5.32 Å². The summed E-state index contributed by atoms with van der Waals surface area (Å²) < 4.78 is 22.7. The van der Waals surface area contributed by atoms with E-state index in [2.05, 4.69) is 15.3 Å². The summed E-state index contributed by atoms with van der Waals surface area (Å²) in [5, 5.41) is 8.10. The number of benzene rings is 1.